The normalized spacial score (nSPS) is 25.5. The van der Waals surface area contributed by atoms with E-state index in [4.69, 9.17) is 33.5 Å². The SMILES string of the molecule is CC1(C)OC2C(COP(=O)(OCCSC(=O)C(C)(C)C)OCCSC(=O)C(C)(C)C)OC(N3C=CCC(C(N)=O)=C3)C2O1. The van der Waals surface area contributed by atoms with Crippen LogP contribution in [0.4, 0.5) is 0 Å². The molecule has 3 aliphatic heterocycles. The second-order valence-electron chi connectivity index (χ2n) is 12.9. The van der Waals surface area contributed by atoms with Crippen LogP contribution in [0.15, 0.2) is 24.0 Å². The fourth-order valence-corrected chi connectivity index (χ4v) is 7.21. The third-order valence-corrected chi connectivity index (χ3v) is 10.4. The molecule has 0 spiro atoms. The maximum atomic E-state index is 13.7. The fourth-order valence-electron chi connectivity index (χ4n) is 4.21. The lowest BCUT2D eigenvalue weighted by atomic mass is 9.99. The summed E-state index contributed by atoms with van der Waals surface area (Å²) in [4.78, 5) is 38.1. The Hall–Kier alpha value is -1.22. The Balaban J connectivity index is 1.68. The van der Waals surface area contributed by atoms with Crippen LogP contribution >= 0.6 is 31.3 Å². The Morgan fingerprint density at radius 2 is 1.51 bits per heavy atom. The van der Waals surface area contributed by atoms with E-state index >= 15 is 0 Å². The summed E-state index contributed by atoms with van der Waals surface area (Å²) in [6.07, 6.45) is 3.04. The van der Waals surface area contributed by atoms with Crippen LogP contribution in [0.1, 0.15) is 61.8 Å². The number of allylic oxidation sites excluding steroid dienone is 1. The molecule has 4 unspecified atom stereocenters. The van der Waals surface area contributed by atoms with Gasteiger partial charge in [-0.2, -0.15) is 0 Å². The van der Waals surface area contributed by atoms with Crippen molar-refractivity contribution in [3.05, 3.63) is 24.0 Å². The summed E-state index contributed by atoms with van der Waals surface area (Å²) in [6, 6.07) is 0. The zero-order valence-corrected chi connectivity index (χ0v) is 28.7. The first-order valence-electron chi connectivity index (χ1n) is 14.2. The zero-order chi connectivity index (χ0) is 32.2. The van der Waals surface area contributed by atoms with Crippen molar-refractivity contribution in [2.45, 2.75) is 92.1 Å². The molecule has 0 aromatic carbocycles. The van der Waals surface area contributed by atoms with Crippen LogP contribution in [0, 0.1) is 10.8 Å². The first kappa shape index (κ1) is 36.3. The number of hydrogen-bond acceptors (Lipinski definition) is 13. The maximum absolute atomic E-state index is 13.7. The second kappa shape index (κ2) is 14.5. The molecule has 0 saturated carbocycles. The largest absolute Gasteiger partial charge is 0.474 e. The van der Waals surface area contributed by atoms with Crippen LogP contribution in [0.25, 0.3) is 0 Å². The van der Waals surface area contributed by atoms with Gasteiger partial charge in [0.1, 0.15) is 18.3 Å². The summed E-state index contributed by atoms with van der Waals surface area (Å²) in [7, 11) is -4.14. The number of nitrogens with two attached hydrogens (primary N) is 1. The third kappa shape index (κ3) is 10.4. The summed E-state index contributed by atoms with van der Waals surface area (Å²) >= 11 is 2.15. The molecule has 15 heteroatoms. The van der Waals surface area contributed by atoms with Crippen molar-refractivity contribution in [2.24, 2.45) is 16.6 Å². The van der Waals surface area contributed by atoms with Crippen molar-refractivity contribution in [3.8, 4) is 0 Å². The Morgan fingerprint density at radius 3 is 2.02 bits per heavy atom. The number of ether oxygens (including phenoxy) is 3. The summed E-state index contributed by atoms with van der Waals surface area (Å²) in [6.45, 7) is 14.1. The molecule has 0 aromatic heterocycles. The average Bonchev–Trinajstić information content (AvgIpc) is 3.39. The van der Waals surface area contributed by atoms with Gasteiger partial charge < -0.3 is 24.8 Å². The number of rotatable bonds is 13. The smallest absolute Gasteiger partial charge is 0.366 e. The molecular weight excluding hydrogens is 619 g/mol. The molecule has 3 aliphatic rings. The Kier molecular flexibility index (Phi) is 12.2. The van der Waals surface area contributed by atoms with Crippen LogP contribution in [-0.4, -0.2) is 82.7 Å². The highest BCUT2D eigenvalue weighted by Crippen LogP contribution is 2.51. The van der Waals surface area contributed by atoms with Crippen LogP contribution in [0.5, 0.6) is 0 Å². The molecule has 12 nitrogen and oxygen atoms in total. The number of primary amides is 1. The molecule has 0 bridgehead atoms. The van der Waals surface area contributed by atoms with Gasteiger partial charge >= 0.3 is 7.82 Å². The van der Waals surface area contributed by atoms with Crippen LogP contribution in [-0.2, 0) is 46.7 Å². The number of fused-ring (bicyclic) bond motifs is 1. The number of thioether (sulfide) groups is 2. The van der Waals surface area contributed by atoms with E-state index < -0.39 is 54.9 Å². The van der Waals surface area contributed by atoms with E-state index in [1.54, 1.807) is 37.2 Å². The lowest BCUT2D eigenvalue weighted by molar-refractivity contribution is -0.201. The molecule has 1 amide bonds. The first-order chi connectivity index (χ1) is 19.8. The number of nitrogens with zero attached hydrogens (tertiary/aromatic N) is 1. The molecule has 2 N–H and O–H groups in total. The number of hydrogen-bond donors (Lipinski definition) is 1. The Morgan fingerprint density at radius 1 is 0.977 bits per heavy atom. The predicted octanol–water partition coefficient (Wildman–Crippen LogP) is 4.59. The summed E-state index contributed by atoms with van der Waals surface area (Å²) in [5.74, 6) is -0.960. The highest BCUT2D eigenvalue weighted by Gasteiger charge is 2.57. The van der Waals surface area contributed by atoms with E-state index in [2.05, 4.69) is 0 Å². The minimum atomic E-state index is -4.14. The highest BCUT2D eigenvalue weighted by molar-refractivity contribution is 8.14. The first-order valence-corrected chi connectivity index (χ1v) is 17.6. The predicted molar refractivity (Wildman–Crippen MR) is 165 cm³/mol. The summed E-state index contributed by atoms with van der Waals surface area (Å²) < 4.78 is 49.2. The molecule has 2 fully saturated rings. The van der Waals surface area contributed by atoms with E-state index in [-0.39, 0.29) is 41.6 Å². The van der Waals surface area contributed by atoms with E-state index in [0.717, 1.165) is 23.5 Å². The highest BCUT2D eigenvalue weighted by atomic mass is 32.2. The lowest BCUT2D eigenvalue weighted by Crippen LogP contribution is -2.40. The molecule has 43 heavy (non-hydrogen) atoms. The second-order valence-corrected chi connectivity index (χ2v) is 16.7. The van der Waals surface area contributed by atoms with Crippen molar-refractivity contribution in [1.29, 1.82) is 0 Å². The molecule has 0 aromatic rings. The van der Waals surface area contributed by atoms with Crippen molar-refractivity contribution in [1.82, 2.24) is 4.90 Å². The molecule has 3 heterocycles. The molecule has 0 radical (unpaired) electrons. The average molecular weight is 665 g/mol. The maximum Gasteiger partial charge on any atom is 0.474 e. The number of carbonyl (C=O) groups is 3. The topological polar surface area (TPSA) is 153 Å². The summed E-state index contributed by atoms with van der Waals surface area (Å²) in [5.41, 5.74) is 4.85. The quantitative estimate of drug-likeness (QED) is 0.216. The standard InChI is InChI=1S/C28H45N2O10PS2/c1-26(2,3)24(32)42-14-12-35-41(34,36-13-15-43-25(33)27(4,5)6)37-17-19-20-21(40-28(7,8)39-20)23(38-19)30-11-9-10-18(16-30)22(29)31/h9,11,16,19-21,23H,10,12-15,17H2,1-8H3,(H2,29,31). The van der Waals surface area contributed by atoms with E-state index in [1.807, 2.05) is 41.5 Å². The van der Waals surface area contributed by atoms with Gasteiger partial charge in [0.15, 0.2) is 22.2 Å². The van der Waals surface area contributed by atoms with Crippen LogP contribution in [0.3, 0.4) is 0 Å². The van der Waals surface area contributed by atoms with Crippen molar-refractivity contribution in [2.75, 3.05) is 31.3 Å². The molecule has 244 valence electrons. The number of carbonyl (C=O) groups excluding carboxylic acids is 3. The van der Waals surface area contributed by atoms with E-state index in [0.29, 0.717) is 12.0 Å². The van der Waals surface area contributed by atoms with Gasteiger partial charge in [0.2, 0.25) is 5.91 Å². The number of phosphoric acid groups is 1. The van der Waals surface area contributed by atoms with Gasteiger partial charge in [-0.3, -0.25) is 28.0 Å². The van der Waals surface area contributed by atoms with Crippen molar-refractivity contribution < 1.29 is 46.7 Å². The van der Waals surface area contributed by atoms with Gasteiger partial charge in [-0.1, -0.05) is 71.1 Å². The van der Waals surface area contributed by atoms with Gasteiger partial charge in [0.05, 0.1) is 19.8 Å². The molecule has 0 aliphatic carbocycles. The van der Waals surface area contributed by atoms with Gasteiger partial charge in [0.25, 0.3) is 0 Å². The van der Waals surface area contributed by atoms with Gasteiger partial charge in [-0.25, -0.2) is 4.57 Å². The molecule has 4 atom stereocenters. The van der Waals surface area contributed by atoms with Crippen molar-refractivity contribution in [3.63, 3.8) is 0 Å². The van der Waals surface area contributed by atoms with Gasteiger partial charge in [0, 0.05) is 40.3 Å². The minimum Gasteiger partial charge on any atom is -0.366 e. The Bertz CT molecular complexity index is 1110. The van der Waals surface area contributed by atoms with Crippen LogP contribution < -0.4 is 5.73 Å². The Labute approximate surface area is 262 Å². The van der Waals surface area contributed by atoms with E-state index in [9.17, 15) is 18.9 Å². The van der Waals surface area contributed by atoms with Crippen LogP contribution in [0.2, 0.25) is 0 Å². The number of phosphoric ester groups is 1. The van der Waals surface area contributed by atoms with Gasteiger partial charge in [-0.15, -0.1) is 0 Å². The van der Waals surface area contributed by atoms with E-state index in [1.165, 1.54) is 0 Å². The lowest BCUT2D eigenvalue weighted by Gasteiger charge is -2.31. The zero-order valence-electron chi connectivity index (χ0n) is 26.2. The number of amides is 1. The third-order valence-electron chi connectivity index (χ3n) is 6.41. The monoisotopic (exact) mass is 664 g/mol. The van der Waals surface area contributed by atoms with Crippen molar-refractivity contribution >= 4 is 47.5 Å². The molecule has 3 rings (SSSR count). The minimum absolute atomic E-state index is 0.0254. The molecule has 2 saturated heterocycles. The van der Waals surface area contributed by atoms with Gasteiger partial charge in [-0.05, 0) is 20.3 Å². The fraction of sp³-hybridized carbons (Fsp3) is 0.750. The summed E-state index contributed by atoms with van der Waals surface area (Å²) in [5, 5.41) is -0.0507. The molecular formula is C28H45N2O10PS2.